The highest BCUT2D eigenvalue weighted by Crippen LogP contribution is 2.43. The topological polar surface area (TPSA) is 69.3 Å². The van der Waals surface area contributed by atoms with E-state index in [2.05, 4.69) is 25.1 Å². The zero-order valence-electron chi connectivity index (χ0n) is 22.5. The minimum atomic E-state index is -1.06. The number of H-pyrrole nitrogens is 1. The number of anilines is 1. The number of benzene rings is 2. The molecule has 2 N–H and O–H groups in total. The van der Waals surface area contributed by atoms with Crippen molar-refractivity contribution in [2.75, 3.05) is 37.7 Å². The van der Waals surface area contributed by atoms with Crippen LogP contribution < -0.4 is 15.0 Å². The molecule has 4 fully saturated rings. The van der Waals surface area contributed by atoms with Crippen molar-refractivity contribution in [1.82, 2.24) is 25.2 Å². The van der Waals surface area contributed by atoms with Gasteiger partial charge in [-0.2, -0.15) is 9.97 Å². The second-order valence-corrected chi connectivity index (χ2v) is 12.4. The molecule has 2 aromatic carbocycles. The molecule has 214 valence electrons. The molecule has 0 amide bonds. The summed E-state index contributed by atoms with van der Waals surface area (Å²) in [5, 5.41) is 4.11. The van der Waals surface area contributed by atoms with Crippen LogP contribution in [0.15, 0.2) is 24.4 Å². The molecule has 4 aliphatic heterocycles. The lowest BCUT2D eigenvalue weighted by Crippen LogP contribution is -2.51. The normalized spacial score (nSPS) is 23.7. The molecular formula is C30H30ClF3N6O. The van der Waals surface area contributed by atoms with Crippen molar-refractivity contribution in [3.8, 4) is 17.1 Å². The Morgan fingerprint density at radius 1 is 1.02 bits per heavy atom. The van der Waals surface area contributed by atoms with E-state index in [-0.39, 0.29) is 38.6 Å². The SMILES string of the molecule is Fc1ccc2[nH]cc(-c3c(Cl)cc4c(N5CC6CCC(C5)N6)nc(OCC56CCCN5CCC6)nc4c3F)c2c1F. The third-order valence-corrected chi connectivity index (χ3v) is 9.94. The van der Waals surface area contributed by atoms with E-state index < -0.39 is 17.5 Å². The Labute approximate surface area is 240 Å². The number of fused-ring (bicyclic) bond motifs is 5. The van der Waals surface area contributed by atoms with Gasteiger partial charge in [0, 0.05) is 58.8 Å². The Kier molecular flexibility index (Phi) is 5.92. The molecular weight excluding hydrogens is 553 g/mol. The number of aromatic nitrogens is 3. The Bertz CT molecular complexity index is 1670. The van der Waals surface area contributed by atoms with E-state index in [1.807, 2.05) is 0 Å². The maximum Gasteiger partial charge on any atom is 0.319 e. The summed E-state index contributed by atoms with van der Waals surface area (Å²) < 4.78 is 52.0. The molecule has 7 nitrogen and oxygen atoms in total. The lowest BCUT2D eigenvalue weighted by Gasteiger charge is -2.35. The number of ether oxygens (including phenoxy) is 1. The van der Waals surface area contributed by atoms with Gasteiger partial charge in [-0.05, 0) is 69.8 Å². The Hall–Kier alpha value is -3.08. The van der Waals surface area contributed by atoms with E-state index in [4.69, 9.17) is 21.3 Å². The van der Waals surface area contributed by atoms with Crippen LogP contribution in [-0.4, -0.2) is 70.3 Å². The quantitative estimate of drug-likeness (QED) is 0.310. The minimum absolute atomic E-state index is 0.0258. The van der Waals surface area contributed by atoms with Gasteiger partial charge in [-0.3, -0.25) is 4.90 Å². The second kappa shape index (κ2) is 9.47. The van der Waals surface area contributed by atoms with Crippen molar-refractivity contribution in [2.24, 2.45) is 0 Å². The van der Waals surface area contributed by atoms with E-state index in [1.165, 1.54) is 12.3 Å². The van der Waals surface area contributed by atoms with Gasteiger partial charge in [0.25, 0.3) is 0 Å². The molecule has 6 heterocycles. The molecule has 2 aromatic heterocycles. The predicted octanol–water partition coefficient (Wildman–Crippen LogP) is 5.80. The van der Waals surface area contributed by atoms with E-state index in [9.17, 15) is 8.78 Å². The molecule has 0 radical (unpaired) electrons. The molecule has 0 aliphatic carbocycles. The fourth-order valence-electron chi connectivity index (χ4n) is 7.70. The fraction of sp³-hybridized carbons (Fsp3) is 0.467. The Morgan fingerprint density at radius 2 is 1.78 bits per heavy atom. The van der Waals surface area contributed by atoms with Crippen LogP contribution in [0, 0.1) is 17.5 Å². The van der Waals surface area contributed by atoms with Crippen LogP contribution in [0.25, 0.3) is 32.9 Å². The monoisotopic (exact) mass is 582 g/mol. The summed E-state index contributed by atoms with van der Waals surface area (Å²) in [5.74, 6) is -2.21. The molecule has 8 rings (SSSR count). The van der Waals surface area contributed by atoms with Gasteiger partial charge >= 0.3 is 6.01 Å². The fourth-order valence-corrected chi connectivity index (χ4v) is 7.99. The van der Waals surface area contributed by atoms with Gasteiger partial charge in [-0.25, -0.2) is 13.2 Å². The number of nitrogens with zero attached hydrogens (tertiary/aromatic N) is 4. The van der Waals surface area contributed by atoms with Gasteiger partial charge in [0.05, 0.1) is 10.6 Å². The summed E-state index contributed by atoms with van der Waals surface area (Å²) in [5.41, 5.74) is 0.462. The molecule has 11 heteroatoms. The zero-order valence-corrected chi connectivity index (χ0v) is 23.2. The van der Waals surface area contributed by atoms with Crippen LogP contribution in [0.1, 0.15) is 38.5 Å². The average Bonchev–Trinajstić information content (AvgIpc) is 3.73. The molecule has 4 saturated heterocycles. The summed E-state index contributed by atoms with van der Waals surface area (Å²) in [6.45, 7) is 4.03. The summed E-state index contributed by atoms with van der Waals surface area (Å²) in [7, 11) is 0. The number of hydrogen-bond donors (Lipinski definition) is 2. The summed E-state index contributed by atoms with van der Waals surface area (Å²) in [4.78, 5) is 17.0. The number of nitrogens with one attached hydrogen (secondary N) is 2. The predicted molar refractivity (Wildman–Crippen MR) is 152 cm³/mol. The highest BCUT2D eigenvalue weighted by atomic mass is 35.5. The van der Waals surface area contributed by atoms with Gasteiger partial charge in [0.2, 0.25) is 0 Å². The van der Waals surface area contributed by atoms with Crippen LogP contribution in [0.4, 0.5) is 19.0 Å². The van der Waals surface area contributed by atoms with Crippen LogP contribution in [0.5, 0.6) is 6.01 Å². The van der Waals surface area contributed by atoms with Crippen molar-refractivity contribution < 1.29 is 17.9 Å². The van der Waals surface area contributed by atoms with E-state index in [1.54, 1.807) is 6.07 Å². The number of halogens is 4. The first-order chi connectivity index (χ1) is 19.9. The van der Waals surface area contributed by atoms with Gasteiger partial charge in [0.15, 0.2) is 17.5 Å². The lowest BCUT2D eigenvalue weighted by atomic mass is 9.95. The van der Waals surface area contributed by atoms with Gasteiger partial charge in [0.1, 0.15) is 17.9 Å². The summed E-state index contributed by atoms with van der Waals surface area (Å²) >= 11 is 6.73. The number of rotatable bonds is 5. The lowest BCUT2D eigenvalue weighted by molar-refractivity contribution is 0.108. The van der Waals surface area contributed by atoms with Crippen LogP contribution in [-0.2, 0) is 0 Å². The Morgan fingerprint density at radius 3 is 2.54 bits per heavy atom. The summed E-state index contributed by atoms with van der Waals surface area (Å²) in [6, 6.07) is 4.88. The van der Waals surface area contributed by atoms with Crippen LogP contribution >= 0.6 is 11.6 Å². The molecule has 0 spiro atoms. The van der Waals surface area contributed by atoms with E-state index >= 15 is 4.39 Å². The van der Waals surface area contributed by atoms with E-state index in [0.717, 1.165) is 70.8 Å². The van der Waals surface area contributed by atoms with Crippen LogP contribution in [0.3, 0.4) is 0 Å². The molecule has 2 bridgehead atoms. The van der Waals surface area contributed by atoms with Crippen molar-refractivity contribution in [2.45, 2.75) is 56.1 Å². The van der Waals surface area contributed by atoms with Gasteiger partial charge in [-0.1, -0.05) is 11.6 Å². The largest absolute Gasteiger partial charge is 0.461 e. The maximum absolute atomic E-state index is 16.6. The first-order valence-electron chi connectivity index (χ1n) is 14.4. The number of aromatic amines is 1. The van der Waals surface area contributed by atoms with Gasteiger partial charge in [-0.15, -0.1) is 0 Å². The Balaban J connectivity index is 1.27. The molecule has 2 atom stereocenters. The molecule has 4 aromatic rings. The third kappa shape index (κ3) is 4.01. The minimum Gasteiger partial charge on any atom is -0.461 e. The smallest absolute Gasteiger partial charge is 0.319 e. The van der Waals surface area contributed by atoms with Crippen molar-refractivity contribution in [3.63, 3.8) is 0 Å². The van der Waals surface area contributed by atoms with Crippen molar-refractivity contribution >= 4 is 39.2 Å². The molecule has 2 unspecified atom stereocenters. The van der Waals surface area contributed by atoms with Gasteiger partial charge < -0.3 is 19.9 Å². The highest BCUT2D eigenvalue weighted by Gasteiger charge is 2.45. The maximum atomic E-state index is 16.6. The number of piperazine rings is 1. The first-order valence-corrected chi connectivity index (χ1v) is 14.8. The molecule has 41 heavy (non-hydrogen) atoms. The summed E-state index contributed by atoms with van der Waals surface area (Å²) in [6.07, 6.45) is 7.99. The third-order valence-electron chi connectivity index (χ3n) is 9.64. The van der Waals surface area contributed by atoms with Crippen molar-refractivity contribution in [1.29, 1.82) is 0 Å². The number of hydrogen-bond acceptors (Lipinski definition) is 6. The van der Waals surface area contributed by atoms with Crippen LogP contribution in [0.2, 0.25) is 5.02 Å². The highest BCUT2D eigenvalue weighted by molar-refractivity contribution is 6.35. The molecule has 4 aliphatic rings. The van der Waals surface area contributed by atoms with Crippen molar-refractivity contribution in [3.05, 3.63) is 46.9 Å². The average molecular weight is 583 g/mol. The first kappa shape index (κ1) is 25.6. The zero-order chi connectivity index (χ0) is 27.9. The van der Waals surface area contributed by atoms with E-state index in [0.29, 0.717) is 35.4 Å². The molecule has 0 saturated carbocycles. The standard InChI is InChI=1S/C30H30ClF3N6O/c31-20-11-18-27(26(34)23(20)19-12-35-22-6-5-21(32)25(33)24(19)22)37-29(41-15-30-7-1-9-40(30)10-2-8-30)38-28(18)39-13-16-3-4-17(14-39)36-16/h5-6,11-12,16-17,35-36H,1-4,7-10,13-15H2. The second-order valence-electron chi connectivity index (χ2n) is 12.0.